The molecular weight excluding hydrogens is 246 g/mol. The van der Waals surface area contributed by atoms with Crippen molar-refractivity contribution in [2.24, 2.45) is 5.92 Å². The third-order valence-electron chi connectivity index (χ3n) is 4.10. The first-order valence-corrected chi connectivity index (χ1v) is 7.92. The molecule has 1 aromatic rings. The second kappa shape index (κ2) is 6.57. The predicted molar refractivity (Wildman–Crippen MR) is 86.3 cm³/mol. The number of hydrogen-bond donors (Lipinski definition) is 1. The van der Waals surface area contributed by atoms with Crippen molar-refractivity contribution in [1.82, 2.24) is 10.3 Å². The van der Waals surface area contributed by atoms with Crippen LogP contribution in [0.15, 0.2) is 6.07 Å². The zero-order valence-electron chi connectivity index (χ0n) is 13.7. The van der Waals surface area contributed by atoms with Crippen LogP contribution in [-0.4, -0.2) is 24.1 Å². The van der Waals surface area contributed by atoms with Crippen LogP contribution in [0.5, 0.6) is 0 Å². The van der Waals surface area contributed by atoms with Gasteiger partial charge in [0.15, 0.2) is 0 Å². The summed E-state index contributed by atoms with van der Waals surface area (Å²) in [4.78, 5) is 7.35. The molecule has 0 saturated carbocycles. The van der Waals surface area contributed by atoms with E-state index in [1.165, 1.54) is 29.8 Å². The Labute approximate surface area is 123 Å². The first kappa shape index (κ1) is 15.3. The minimum absolute atomic E-state index is 0.504. The Morgan fingerprint density at radius 1 is 1.40 bits per heavy atom. The van der Waals surface area contributed by atoms with Crippen LogP contribution in [-0.2, 0) is 6.54 Å². The lowest BCUT2D eigenvalue weighted by molar-refractivity contribution is 0.443. The maximum Gasteiger partial charge on any atom is 0.133 e. The number of aryl methyl sites for hydroxylation is 2. The molecular formula is C17H29N3. The average molecular weight is 275 g/mol. The highest BCUT2D eigenvalue weighted by Gasteiger charge is 2.21. The van der Waals surface area contributed by atoms with Crippen LogP contribution in [0.4, 0.5) is 5.82 Å². The van der Waals surface area contributed by atoms with E-state index in [4.69, 9.17) is 4.98 Å². The molecule has 0 aromatic carbocycles. The van der Waals surface area contributed by atoms with E-state index in [2.05, 4.69) is 50.9 Å². The summed E-state index contributed by atoms with van der Waals surface area (Å²) < 4.78 is 0. The lowest BCUT2D eigenvalue weighted by Gasteiger charge is -2.34. The number of pyridine rings is 1. The van der Waals surface area contributed by atoms with Crippen molar-refractivity contribution in [3.63, 3.8) is 0 Å². The van der Waals surface area contributed by atoms with E-state index in [1.807, 2.05) is 0 Å². The van der Waals surface area contributed by atoms with Crippen LogP contribution in [0.1, 0.15) is 50.4 Å². The largest absolute Gasteiger partial charge is 0.356 e. The molecule has 1 aliphatic rings. The molecule has 0 aliphatic carbocycles. The third kappa shape index (κ3) is 3.72. The number of rotatable bonds is 4. The lowest BCUT2D eigenvalue weighted by atomic mass is 9.99. The molecule has 0 bridgehead atoms. The third-order valence-corrected chi connectivity index (χ3v) is 4.10. The van der Waals surface area contributed by atoms with Crippen molar-refractivity contribution >= 4 is 5.82 Å². The topological polar surface area (TPSA) is 28.2 Å². The summed E-state index contributed by atoms with van der Waals surface area (Å²) in [5.74, 6) is 1.99. The maximum absolute atomic E-state index is 4.86. The second-order valence-corrected chi connectivity index (χ2v) is 6.61. The van der Waals surface area contributed by atoms with Crippen LogP contribution >= 0.6 is 0 Å². The summed E-state index contributed by atoms with van der Waals surface area (Å²) in [7, 11) is 0. The molecule has 1 saturated heterocycles. The van der Waals surface area contributed by atoms with Crippen molar-refractivity contribution in [2.45, 2.75) is 60.0 Å². The Hall–Kier alpha value is -1.09. The van der Waals surface area contributed by atoms with Crippen LogP contribution in [0.2, 0.25) is 0 Å². The summed E-state index contributed by atoms with van der Waals surface area (Å²) >= 11 is 0. The molecule has 112 valence electrons. The quantitative estimate of drug-likeness (QED) is 0.912. The highest BCUT2D eigenvalue weighted by atomic mass is 15.2. The summed E-state index contributed by atoms with van der Waals surface area (Å²) in [6.07, 6.45) is 2.63. The van der Waals surface area contributed by atoms with E-state index in [-0.39, 0.29) is 0 Å². The van der Waals surface area contributed by atoms with Gasteiger partial charge in [-0.3, -0.25) is 0 Å². The molecule has 0 amide bonds. The maximum atomic E-state index is 4.86. The Kier molecular flexibility index (Phi) is 5.03. The monoisotopic (exact) mass is 275 g/mol. The van der Waals surface area contributed by atoms with Gasteiger partial charge in [0.2, 0.25) is 0 Å². The molecule has 0 spiro atoms. The van der Waals surface area contributed by atoms with Gasteiger partial charge < -0.3 is 10.2 Å². The number of nitrogens with one attached hydrogen (secondary N) is 1. The first-order valence-electron chi connectivity index (χ1n) is 7.92. The van der Waals surface area contributed by atoms with Crippen LogP contribution in [0.25, 0.3) is 0 Å². The molecule has 1 aliphatic heterocycles. The summed E-state index contributed by atoms with van der Waals surface area (Å²) in [6, 6.07) is 2.71. The summed E-state index contributed by atoms with van der Waals surface area (Å²) in [5, 5.41) is 3.55. The molecule has 1 N–H and O–H groups in total. The van der Waals surface area contributed by atoms with Gasteiger partial charge >= 0.3 is 0 Å². The molecule has 3 heteroatoms. The van der Waals surface area contributed by atoms with E-state index in [0.29, 0.717) is 6.04 Å². The first-order chi connectivity index (χ1) is 9.47. The Morgan fingerprint density at radius 3 is 2.80 bits per heavy atom. The standard InChI is InChI=1S/C17H29N3/c1-12(2)18-10-16-14(4)9-15(5)19-17(16)20-8-6-7-13(3)11-20/h9,12-13,18H,6-8,10-11H2,1-5H3. The predicted octanol–water partition coefficient (Wildman–Crippen LogP) is 3.43. The van der Waals surface area contributed by atoms with Gasteiger partial charge in [0.25, 0.3) is 0 Å². The van der Waals surface area contributed by atoms with Gasteiger partial charge in [-0.05, 0) is 44.2 Å². The Morgan fingerprint density at radius 2 is 2.15 bits per heavy atom. The molecule has 1 unspecified atom stereocenters. The number of nitrogens with zero attached hydrogens (tertiary/aromatic N) is 2. The number of hydrogen-bond acceptors (Lipinski definition) is 3. The van der Waals surface area contributed by atoms with E-state index in [0.717, 1.165) is 31.2 Å². The average Bonchev–Trinajstić information content (AvgIpc) is 2.36. The molecule has 20 heavy (non-hydrogen) atoms. The highest BCUT2D eigenvalue weighted by Crippen LogP contribution is 2.27. The fourth-order valence-corrected chi connectivity index (χ4v) is 3.01. The smallest absolute Gasteiger partial charge is 0.133 e. The Balaban J connectivity index is 2.28. The summed E-state index contributed by atoms with van der Waals surface area (Å²) in [5.41, 5.74) is 3.86. The van der Waals surface area contributed by atoms with E-state index >= 15 is 0 Å². The molecule has 1 atom stereocenters. The van der Waals surface area contributed by atoms with Crippen LogP contribution < -0.4 is 10.2 Å². The van der Waals surface area contributed by atoms with Crippen molar-refractivity contribution in [3.8, 4) is 0 Å². The fraction of sp³-hybridized carbons (Fsp3) is 0.706. The fourth-order valence-electron chi connectivity index (χ4n) is 3.01. The SMILES string of the molecule is Cc1cc(C)c(CNC(C)C)c(N2CCCC(C)C2)n1. The lowest BCUT2D eigenvalue weighted by Crippen LogP contribution is -2.36. The second-order valence-electron chi connectivity index (χ2n) is 6.61. The van der Waals surface area contributed by atoms with Gasteiger partial charge in [-0.25, -0.2) is 4.98 Å². The number of anilines is 1. The summed E-state index contributed by atoms with van der Waals surface area (Å²) in [6.45, 7) is 14.3. The minimum atomic E-state index is 0.504. The van der Waals surface area contributed by atoms with Crippen LogP contribution in [0.3, 0.4) is 0 Å². The Bertz CT molecular complexity index is 454. The van der Waals surface area contributed by atoms with Gasteiger partial charge in [0.05, 0.1) is 0 Å². The number of piperidine rings is 1. The van der Waals surface area contributed by atoms with Crippen molar-refractivity contribution in [2.75, 3.05) is 18.0 Å². The molecule has 1 fully saturated rings. The van der Waals surface area contributed by atoms with Gasteiger partial charge in [-0.15, -0.1) is 0 Å². The van der Waals surface area contributed by atoms with Crippen molar-refractivity contribution in [3.05, 3.63) is 22.9 Å². The van der Waals surface area contributed by atoms with Gasteiger partial charge in [0.1, 0.15) is 5.82 Å². The van der Waals surface area contributed by atoms with Gasteiger partial charge in [0, 0.05) is 36.9 Å². The van der Waals surface area contributed by atoms with E-state index in [1.54, 1.807) is 0 Å². The molecule has 2 heterocycles. The van der Waals surface area contributed by atoms with Gasteiger partial charge in [-0.1, -0.05) is 20.8 Å². The zero-order valence-corrected chi connectivity index (χ0v) is 13.7. The minimum Gasteiger partial charge on any atom is -0.356 e. The van der Waals surface area contributed by atoms with E-state index < -0.39 is 0 Å². The highest BCUT2D eigenvalue weighted by molar-refractivity contribution is 5.52. The molecule has 3 nitrogen and oxygen atoms in total. The zero-order chi connectivity index (χ0) is 14.7. The molecule has 1 aromatic heterocycles. The van der Waals surface area contributed by atoms with Crippen molar-refractivity contribution in [1.29, 1.82) is 0 Å². The van der Waals surface area contributed by atoms with Gasteiger partial charge in [-0.2, -0.15) is 0 Å². The number of aromatic nitrogens is 1. The normalized spacial score (nSPS) is 19.7. The molecule has 2 rings (SSSR count). The van der Waals surface area contributed by atoms with E-state index in [9.17, 15) is 0 Å². The van der Waals surface area contributed by atoms with Crippen LogP contribution in [0, 0.1) is 19.8 Å². The molecule has 0 radical (unpaired) electrons. The van der Waals surface area contributed by atoms with Crippen molar-refractivity contribution < 1.29 is 0 Å².